The maximum atomic E-state index is 6.14. The molecule has 5 nitrogen and oxygen atoms in total. The van der Waals surface area contributed by atoms with Gasteiger partial charge in [-0.1, -0.05) is 0 Å². The molecule has 1 aliphatic heterocycles. The highest BCUT2D eigenvalue weighted by molar-refractivity contribution is 6.14. The Morgan fingerprint density at radius 2 is 1.80 bits per heavy atom. The second kappa shape index (κ2) is 7.89. The van der Waals surface area contributed by atoms with E-state index >= 15 is 0 Å². The van der Waals surface area contributed by atoms with Gasteiger partial charge in [0.25, 0.3) is 0 Å². The molecule has 1 saturated heterocycles. The van der Waals surface area contributed by atoms with E-state index in [-0.39, 0.29) is 0 Å². The molecule has 4 aromatic rings. The topological polar surface area (TPSA) is 33.5 Å². The molecule has 0 unspecified atom stereocenters. The van der Waals surface area contributed by atoms with E-state index in [0.29, 0.717) is 0 Å². The lowest BCUT2D eigenvalue weighted by atomic mass is 10.0. The molecule has 5 heteroatoms. The summed E-state index contributed by atoms with van der Waals surface area (Å²) in [7, 11) is 4.35. The third kappa shape index (κ3) is 3.42. The van der Waals surface area contributed by atoms with Crippen molar-refractivity contribution in [1.29, 1.82) is 0 Å². The van der Waals surface area contributed by atoms with Crippen molar-refractivity contribution in [2.24, 2.45) is 7.05 Å². The molecule has 0 saturated carbocycles. The maximum Gasteiger partial charge on any atom is 0.120 e. The molecule has 0 spiro atoms. The van der Waals surface area contributed by atoms with Gasteiger partial charge in [-0.25, -0.2) is 0 Å². The van der Waals surface area contributed by atoms with E-state index in [0.717, 1.165) is 25.3 Å². The monoisotopic (exact) mass is 402 g/mol. The van der Waals surface area contributed by atoms with E-state index in [1.165, 1.54) is 64.3 Å². The van der Waals surface area contributed by atoms with Gasteiger partial charge >= 0.3 is 0 Å². The summed E-state index contributed by atoms with van der Waals surface area (Å²) >= 11 is 0. The predicted molar refractivity (Wildman–Crippen MR) is 125 cm³/mol. The minimum Gasteiger partial charge on any atom is -0.494 e. The van der Waals surface area contributed by atoms with Gasteiger partial charge in [0.05, 0.1) is 12.1 Å². The fourth-order valence-electron chi connectivity index (χ4n) is 4.84. The third-order valence-electron chi connectivity index (χ3n) is 6.60. The summed E-state index contributed by atoms with van der Waals surface area (Å²) in [5.74, 6) is 0.956. The van der Waals surface area contributed by atoms with Gasteiger partial charge in [-0.15, -0.1) is 0 Å². The summed E-state index contributed by atoms with van der Waals surface area (Å²) in [6.07, 6.45) is 4.89. The molecule has 156 valence electrons. The second-order valence-corrected chi connectivity index (χ2v) is 8.58. The Morgan fingerprint density at radius 3 is 2.63 bits per heavy atom. The molecule has 1 aliphatic rings. The molecular weight excluding hydrogens is 372 g/mol. The second-order valence-electron chi connectivity index (χ2n) is 8.58. The van der Waals surface area contributed by atoms with E-state index in [1.807, 2.05) is 12.4 Å². The molecule has 30 heavy (non-hydrogen) atoms. The van der Waals surface area contributed by atoms with Crippen molar-refractivity contribution in [3.8, 4) is 5.75 Å². The Bertz CT molecular complexity index is 1200. The fourth-order valence-corrected chi connectivity index (χ4v) is 4.84. The Hall–Kier alpha value is -2.63. The number of ether oxygens (including phenoxy) is 1. The number of pyridine rings is 1. The van der Waals surface area contributed by atoms with Gasteiger partial charge in [0.1, 0.15) is 5.75 Å². The summed E-state index contributed by atoms with van der Waals surface area (Å²) in [4.78, 5) is 9.26. The Labute approximate surface area is 177 Å². The van der Waals surface area contributed by atoms with Crippen LogP contribution in [-0.2, 0) is 7.05 Å². The van der Waals surface area contributed by atoms with Crippen LogP contribution in [0.4, 0.5) is 0 Å². The lowest BCUT2D eigenvalue weighted by Gasteiger charge is -2.32. The Morgan fingerprint density at radius 1 is 0.967 bits per heavy atom. The van der Waals surface area contributed by atoms with Crippen molar-refractivity contribution >= 4 is 32.6 Å². The first-order valence-corrected chi connectivity index (χ1v) is 10.9. The smallest absolute Gasteiger partial charge is 0.120 e. The van der Waals surface area contributed by atoms with Gasteiger partial charge in [-0.05, 0) is 61.7 Å². The molecule has 0 aliphatic carbocycles. The van der Waals surface area contributed by atoms with Crippen molar-refractivity contribution in [2.45, 2.75) is 13.3 Å². The van der Waals surface area contributed by atoms with Gasteiger partial charge in [-0.2, -0.15) is 0 Å². The highest BCUT2D eigenvalue weighted by Crippen LogP contribution is 2.36. The zero-order valence-electron chi connectivity index (χ0n) is 18.2. The highest BCUT2D eigenvalue weighted by Gasteiger charge is 2.15. The van der Waals surface area contributed by atoms with Crippen LogP contribution in [0.15, 0.2) is 42.7 Å². The van der Waals surface area contributed by atoms with Crippen LogP contribution in [0.5, 0.6) is 5.75 Å². The normalized spacial score (nSPS) is 16.1. The van der Waals surface area contributed by atoms with Crippen molar-refractivity contribution < 1.29 is 4.74 Å². The average molecular weight is 403 g/mol. The first-order chi connectivity index (χ1) is 14.6. The van der Waals surface area contributed by atoms with Crippen LogP contribution < -0.4 is 4.74 Å². The fraction of sp³-hybridized carbons (Fsp3) is 0.400. The summed E-state index contributed by atoms with van der Waals surface area (Å²) in [6.45, 7) is 8.75. The zero-order chi connectivity index (χ0) is 20.7. The molecule has 2 aromatic carbocycles. The van der Waals surface area contributed by atoms with Crippen LogP contribution in [0.3, 0.4) is 0 Å². The van der Waals surface area contributed by atoms with E-state index in [9.17, 15) is 0 Å². The van der Waals surface area contributed by atoms with Crippen molar-refractivity contribution in [1.82, 2.24) is 19.4 Å². The first kappa shape index (κ1) is 19.3. The number of hydrogen-bond acceptors (Lipinski definition) is 4. The van der Waals surface area contributed by atoms with Crippen LogP contribution in [0.1, 0.15) is 12.0 Å². The van der Waals surface area contributed by atoms with Crippen molar-refractivity contribution in [3.63, 3.8) is 0 Å². The van der Waals surface area contributed by atoms with E-state index < -0.39 is 0 Å². The molecule has 0 atom stereocenters. The standard InChI is InChI=1S/C25H30N4O/c1-18-21-7-8-26-17-19(21)15-23-22-16-20(5-6-24(22)28(3)25(18)23)30-14-4-9-29-12-10-27(2)11-13-29/h5-8,15-17H,4,9-14H2,1-3H3. The van der Waals surface area contributed by atoms with Crippen molar-refractivity contribution in [2.75, 3.05) is 46.4 Å². The number of aromatic nitrogens is 2. The summed E-state index contributed by atoms with van der Waals surface area (Å²) in [5, 5.41) is 4.98. The first-order valence-electron chi connectivity index (χ1n) is 10.9. The number of piperazine rings is 1. The molecule has 0 bridgehead atoms. The Kier molecular flexibility index (Phi) is 5.09. The number of aryl methyl sites for hydroxylation is 2. The van der Waals surface area contributed by atoms with E-state index in [1.54, 1.807) is 0 Å². The molecule has 0 radical (unpaired) electrons. The number of benzene rings is 2. The molecule has 5 rings (SSSR count). The van der Waals surface area contributed by atoms with E-state index in [2.05, 4.69) is 70.7 Å². The summed E-state index contributed by atoms with van der Waals surface area (Å²) < 4.78 is 8.45. The largest absolute Gasteiger partial charge is 0.494 e. The maximum absolute atomic E-state index is 6.14. The Balaban J connectivity index is 1.38. The molecule has 0 N–H and O–H groups in total. The molecule has 1 fully saturated rings. The number of nitrogens with zero attached hydrogens (tertiary/aromatic N) is 4. The number of rotatable bonds is 5. The summed E-state index contributed by atoms with van der Waals surface area (Å²) in [6, 6.07) is 10.9. The highest BCUT2D eigenvalue weighted by atomic mass is 16.5. The van der Waals surface area contributed by atoms with Crippen LogP contribution >= 0.6 is 0 Å². The lowest BCUT2D eigenvalue weighted by molar-refractivity contribution is 0.145. The van der Waals surface area contributed by atoms with Gasteiger partial charge < -0.3 is 19.1 Å². The van der Waals surface area contributed by atoms with Crippen LogP contribution in [0.2, 0.25) is 0 Å². The lowest BCUT2D eigenvalue weighted by Crippen LogP contribution is -2.44. The quantitative estimate of drug-likeness (QED) is 0.469. The number of fused-ring (bicyclic) bond motifs is 4. The van der Waals surface area contributed by atoms with E-state index in [4.69, 9.17) is 4.74 Å². The van der Waals surface area contributed by atoms with Crippen molar-refractivity contribution in [3.05, 3.63) is 48.3 Å². The van der Waals surface area contributed by atoms with Crippen LogP contribution in [0.25, 0.3) is 32.6 Å². The minimum atomic E-state index is 0.758. The molecule has 3 heterocycles. The summed E-state index contributed by atoms with van der Waals surface area (Å²) in [5.41, 5.74) is 3.83. The number of hydrogen-bond donors (Lipinski definition) is 0. The van der Waals surface area contributed by atoms with Gasteiger partial charge in [-0.3, -0.25) is 4.98 Å². The molecule has 0 amide bonds. The molecule has 2 aromatic heterocycles. The minimum absolute atomic E-state index is 0.758. The zero-order valence-corrected chi connectivity index (χ0v) is 18.2. The van der Waals surface area contributed by atoms with Gasteiger partial charge in [0, 0.05) is 73.8 Å². The number of likely N-dealkylation sites (N-methyl/N-ethyl adjacent to an activating group) is 1. The molecular formula is C25H30N4O. The predicted octanol–water partition coefficient (Wildman–Crippen LogP) is 4.20. The third-order valence-corrected chi connectivity index (χ3v) is 6.60. The SMILES string of the molecule is Cc1c2ccncc2cc2c3cc(OCCCN4CCN(C)CC4)ccc3n(C)c12. The average Bonchev–Trinajstić information content (AvgIpc) is 3.04. The van der Waals surface area contributed by atoms with Gasteiger partial charge in [0.2, 0.25) is 0 Å². The van der Waals surface area contributed by atoms with Crippen LogP contribution in [0, 0.1) is 6.92 Å². The van der Waals surface area contributed by atoms with Gasteiger partial charge in [0.15, 0.2) is 0 Å². The van der Waals surface area contributed by atoms with Crippen LogP contribution in [-0.4, -0.2) is 65.7 Å².